The van der Waals surface area contributed by atoms with Crippen molar-refractivity contribution >= 4 is 17.9 Å². The van der Waals surface area contributed by atoms with Crippen molar-refractivity contribution in [3.8, 4) is 11.8 Å². The summed E-state index contributed by atoms with van der Waals surface area (Å²) in [5, 5.41) is 23.6. The van der Waals surface area contributed by atoms with E-state index in [1.54, 1.807) is 12.1 Å². The molecule has 0 aliphatic heterocycles. The molecule has 0 aliphatic carbocycles. The molecule has 0 saturated heterocycles. The van der Waals surface area contributed by atoms with Crippen LogP contribution in [0.25, 0.3) is 6.08 Å². The van der Waals surface area contributed by atoms with Gasteiger partial charge >= 0.3 is 0 Å². The van der Waals surface area contributed by atoms with Gasteiger partial charge in [0.05, 0.1) is 0 Å². The van der Waals surface area contributed by atoms with Crippen molar-refractivity contribution in [2.75, 3.05) is 6.54 Å². The second kappa shape index (κ2) is 8.47. The van der Waals surface area contributed by atoms with Crippen LogP contribution in [0.2, 0.25) is 0 Å². The molecule has 6 nitrogen and oxygen atoms in total. The molecule has 0 aromatic heterocycles. The molecule has 2 amide bonds. The zero-order valence-corrected chi connectivity index (χ0v) is 12.6. The highest BCUT2D eigenvalue weighted by molar-refractivity contribution is 6.01. The Labute approximate surface area is 129 Å². The summed E-state index contributed by atoms with van der Waals surface area (Å²) in [6, 6.07) is 8.08. The molecule has 0 fully saturated rings. The summed E-state index contributed by atoms with van der Waals surface area (Å²) in [6.45, 7) is 3.85. The quantitative estimate of drug-likeness (QED) is 0.545. The van der Waals surface area contributed by atoms with Crippen LogP contribution in [0.3, 0.4) is 0 Å². The molecule has 116 valence electrons. The van der Waals surface area contributed by atoms with E-state index in [-0.39, 0.29) is 36.2 Å². The minimum Gasteiger partial charge on any atom is -0.508 e. The number of carbonyl (C=O) groups is 2. The third-order valence-corrected chi connectivity index (χ3v) is 2.63. The average molecular weight is 301 g/mol. The zero-order valence-electron chi connectivity index (χ0n) is 12.6. The van der Waals surface area contributed by atoms with Gasteiger partial charge in [0.1, 0.15) is 17.4 Å². The van der Waals surface area contributed by atoms with Gasteiger partial charge in [0, 0.05) is 19.0 Å². The van der Waals surface area contributed by atoms with Crippen molar-refractivity contribution in [2.24, 2.45) is 0 Å². The highest BCUT2D eigenvalue weighted by Crippen LogP contribution is 2.13. The summed E-state index contributed by atoms with van der Waals surface area (Å²) in [5.41, 5.74) is 0.458. The van der Waals surface area contributed by atoms with Crippen molar-refractivity contribution in [1.29, 1.82) is 5.26 Å². The molecule has 0 bridgehead atoms. The number of phenolic OH excluding ortho intramolecular Hbond substituents is 1. The fraction of sp³-hybridized carbons (Fsp3) is 0.312. The van der Waals surface area contributed by atoms with Crippen LogP contribution < -0.4 is 10.6 Å². The summed E-state index contributed by atoms with van der Waals surface area (Å²) in [4.78, 5) is 23.3. The lowest BCUT2D eigenvalue weighted by molar-refractivity contribution is -0.121. The maximum atomic E-state index is 11.9. The first-order chi connectivity index (χ1) is 10.4. The molecule has 0 atom stereocenters. The molecule has 1 aromatic rings. The fourth-order valence-corrected chi connectivity index (χ4v) is 1.71. The SMILES string of the molecule is CC(C)NC(=O)CCNC(=O)/C(C#N)=C/c1cccc(O)c1. The van der Waals surface area contributed by atoms with Crippen LogP contribution >= 0.6 is 0 Å². The molecule has 1 rings (SSSR count). The number of hydrogen-bond donors (Lipinski definition) is 3. The first-order valence-electron chi connectivity index (χ1n) is 6.90. The van der Waals surface area contributed by atoms with E-state index in [1.807, 2.05) is 19.9 Å². The summed E-state index contributed by atoms with van der Waals surface area (Å²) >= 11 is 0. The summed E-state index contributed by atoms with van der Waals surface area (Å²) in [6.07, 6.45) is 1.53. The van der Waals surface area contributed by atoms with E-state index in [4.69, 9.17) is 5.26 Å². The van der Waals surface area contributed by atoms with Crippen molar-refractivity contribution in [3.05, 3.63) is 35.4 Å². The second-order valence-corrected chi connectivity index (χ2v) is 4.99. The molecule has 22 heavy (non-hydrogen) atoms. The smallest absolute Gasteiger partial charge is 0.261 e. The van der Waals surface area contributed by atoms with Gasteiger partial charge in [-0.3, -0.25) is 9.59 Å². The van der Waals surface area contributed by atoms with Crippen molar-refractivity contribution < 1.29 is 14.7 Å². The van der Waals surface area contributed by atoms with E-state index in [2.05, 4.69) is 10.6 Å². The number of amides is 2. The Balaban J connectivity index is 2.59. The van der Waals surface area contributed by atoms with Gasteiger partial charge in [0.2, 0.25) is 5.91 Å². The number of nitrogens with zero attached hydrogens (tertiary/aromatic N) is 1. The summed E-state index contributed by atoms with van der Waals surface area (Å²) < 4.78 is 0. The standard InChI is InChI=1S/C16H19N3O3/c1-11(2)19-15(21)6-7-18-16(22)13(10-17)8-12-4-3-5-14(20)9-12/h3-5,8-9,11,20H,6-7H2,1-2H3,(H,18,22)(H,19,21)/b13-8+. The van der Waals surface area contributed by atoms with E-state index in [0.29, 0.717) is 5.56 Å². The summed E-state index contributed by atoms with van der Waals surface area (Å²) in [5.74, 6) is -0.661. The third-order valence-electron chi connectivity index (χ3n) is 2.63. The van der Waals surface area contributed by atoms with Crippen LogP contribution in [0.4, 0.5) is 0 Å². The van der Waals surface area contributed by atoms with Crippen LogP contribution in [-0.2, 0) is 9.59 Å². The predicted molar refractivity (Wildman–Crippen MR) is 82.6 cm³/mol. The van der Waals surface area contributed by atoms with Crippen LogP contribution in [0, 0.1) is 11.3 Å². The number of nitriles is 1. The normalized spacial score (nSPS) is 10.9. The Morgan fingerprint density at radius 3 is 2.73 bits per heavy atom. The molecule has 6 heteroatoms. The molecule has 3 N–H and O–H groups in total. The van der Waals surface area contributed by atoms with Crippen LogP contribution in [0.1, 0.15) is 25.8 Å². The maximum absolute atomic E-state index is 11.9. The molecular weight excluding hydrogens is 282 g/mol. The van der Waals surface area contributed by atoms with E-state index in [0.717, 1.165) is 0 Å². The lowest BCUT2D eigenvalue weighted by Crippen LogP contribution is -2.34. The van der Waals surface area contributed by atoms with Crippen molar-refractivity contribution in [3.63, 3.8) is 0 Å². The molecule has 1 aromatic carbocycles. The lowest BCUT2D eigenvalue weighted by Gasteiger charge is -2.08. The predicted octanol–water partition coefficient (Wildman–Crippen LogP) is 1.33. The molecule has 0 unspecified atom stereocenters. The summed E-state index contributed by atoms with van der Waals surface area (Å²) in [7, 11) is 0. The molecule has 0 radical (unpaired) electrons. The van der Waals surface area contributed by atoms with Crippen molar-refractivity contribution in [1.82, 2.24) is 10.6 Å². The van der Waals surface area contributed by atoms with Crippen LogP contribution in [0.5, 0.6) is 5.75 Å². The first-order valence-corrected chi connectivity index (χ1v) is 6.90. The van der Waals surface area contributed by atoms with Gasteiger partial charge in [-0.05, 0) is 37.6 Å². The highest BCUT2D eigenvalue weighted by atomic mass is 16.3. The number of nitrogens with one attached hydrogen (secondary N) is 2. The maximum Gasteiger partial charge on any atom is 0.261 e. The number of hydrogen-bond acceptors (Lipinski definition) is 4. The third kappa shape index (κ3) is 6.09. The Hall–Kier alpha value is -2.81. The minimum atomic E-state index is -0.553. The second-order valence-electron chi connectivity index (χ2n) is 4.99. The molecular formula is C16H19N3O3. The topological polar surface area (TPSA) is 102 Å². The van der Waals surface area contributed by atoms with E-state index < -0.39 is 5.91 Å². The van der Waals surface area contributed by atoms with Gasteiger partial charge in [0.25, 0.3) is 5.91 Å². The van der Waals surface area contributed by atoms with Crippen LogP contribution in [0.15, 0.2) is 29.8 Å². The Morgan fingerprint density at radius 2 is 2.14 bits per heavy atom. The largest absolute Gasteiger partial charge is 0.508 e. The fourth-order valence-electron chi connectivity index (χ4n) is 1.71. The van der Waals surface area contributed by atoms with Gasteiger partial charge in [-0.1, -0.05) is 12.1 Å². The molecule has 0 saturated carbocycles. The van der Waals surface area contributed by atoms with Gasteiger partial charge in [-0.15, -0.1) is 0 Å². The van der Waals surface area contributed by atoms with Gasteiger partial charge < -0.3 is 15.7 Å². The Morgan fingerprint density at radius 1 is 1.41 bits per heavy atom. The number of phenols is 1. The Kier molecular flexibility index (Phi) is 6.64. The molecule has 0 heterocycles. The zero-order chi connectivity index (χ0) is 16.5. The average Bonchev–Trinajstić information content (AvgIpc) is 2.43. The number of carbonyl (C=O) groups excluding carboxylic acids is 2. The van der Waals surface area contributed by atoms with E-state index >= 15 is 0 Å². The van der Waals surface area contributed by atoms with Gasteiger partial charge in [0.15, 0.2) is 0 Å². The number of aromatic hydroxyl groups is 1. The highest BCUT2D eigenvalue weighted by Gasteiger charge is 2.10. The van der Waals surface area contributed by atoms with E-state index in [1.165, 1.54) is 18.2 Å². The van der Waals surface area contributed by atoms with Crippen molar-refractivity contribution in [2.45, 2.75) is 26.3 Å². The first kappa shape index (κ1) is 17.2. The Bertz CT molecular complexity index is 615. The molecule has 0 spiro atoms. The monoisotopic (exact) mass is 301 g/mol. The number of rotatable bonds is 6. The molecule has 0 aliphatic rings. The minimum absolute atomic E-state index is 0.0449. The lowest BCUT2D eigenvalue weighted by atomic mass is 10.1. The van der Waals surface area contributed by atoms with E-state index in [9.17, 15) is 14.7 Å². The van der Waals surface area contributed by atoms with Crippen LogP contribution in [-0.4, -0.2) is 29.5 Å². The number of benzene rings is 1. The van der Waals surface area contributed by atoms with Gasteiger partial charge in [-0.25, -0.2) is 0 Å². The van der Waals surface area contributed by atoms with Gasteiger partial charge in [-0.2, -0.15) is 5.26 Å².